The van der Waals surface area contributed by atoms with E-state index in [0.29, 0.717) is 5.02 Å². The molecule has 1 aromatic rings. The van der Waals surface area contributed by atoms with E-state index < -0.39 is 5.97 Å². The summed E-state index contributed by atoms with van der Waals surface area (Å²) >= 11 is 5.80. The summed E-state index contributed by atoms with van der Waals surface area (Å²) in [6.07, 6.45) is 5.46. The molecule has 21 heavy (non-hydrogen) atoms. The fourth-order valence-electron chi connectivity index (χ4n) is 2.64. The number of nitrogens with one attached hydrogen (secondary N) is 1. The number of urea groups is 1. The summed E-state index contributed by atoms with van der Waals surface area (Å²) in [5.41, 5.74) is 0.257. The van der Waals surface area contributed by atoms with Crippen LogP contribution in [-0.4, -0.2) is 35.1 Å². The number of rotatable bonds is 3. The lowest BCUT2D eigenvalue weighted by Gasteiger charge is -2.31. The van der Waals surface area contributed by atoms with E-state index in [-0.39, 0.29) is 23.3 Å². The van der Waals surface area contributed by atoms with E-state index in [1.54, 1.807) is 18.0 Å². The van der Waals surface area contributed by atoms with Gasteiger partial charge in [0.1, 0.15) is 0 Å². The quantitative estimate of drug-likeness (QED) is 0.891. The Hall–Kier alpha value is -1.75. The van der Waals surface area contributed by atoms with Gasteiger partial charge in [-0.1, -0.05) is 30.9 Å². The molecular weight excluding hydrogens is 292 g/mol. The number of hydrogen-bond acceptors (Lipinski definition) is 2. The number of carbonyl (C=O) groups excluding carboxylic acids is 1. The Morgan fingerprint density at radius 3 is 2.57 bits per heavy atom. The molecule has 0 aliphatic heterocycles. The van der Waals surface area contributed by atoms with Gasteiger partial charge in [0.2, 0.25) is 0 Å². The smallest absolute Gasteiger partial charge is 0.337 e. The van der Waals surface area contributed by atoms with Crippen LogP contribution in [0.25, 0.3) is 0 Å². The number of carboxylic acid groups (broad SMARTS) is 1. The number of carboxylic acids is 1. The van der Waals surface area contributed by atoms with Crippen molar-refractivity contribution in [1.82, 2.24) is 4.90 Å². The highest BCUT2D eigenvalue weighted by atomic mass is 35.5. The summed E-state index contributed by atoms with van der Waals surface area (Å²) in [4.78, 5) is 25.1. The van der Waals surface area contributed by atoms with Crippen LogP contribution in [-0.2, 0) is 0 Å². The second-order valence-corrected chi connectivity index (χ2v) is 5.76. The lowest BCUT2D eigenvalue weighted by Crippen LogP contribution is -2.41. The molecule has 0 saturated heterocycles. The van der Waals surface area contributed by atoms with Crippen LogP contribution in [0.2, 0.25) is 5.02 Å². The van der Waals surface area contributed by atoms with E-state index in [1.165, 1.54) is 18.6 Å². The van der Waals surface area contributed by atoms with Gasteiger partial charge in [0.25, 0.3) is 0 Å². The van der Waals surface area contributed by atoms with Crippen LogP contribution in [0.15, 0.2) is 18.2 Å². The van der Waals surface area contributed by atoms with E-state index >= 15 is 0 Å². The average molecular weight is 311 g/mol. The number of anilines is 1. The topological polar surface area (TPSA) is 69.6 Å². The van der Waals surface area contributed by atoms with E-state index in [2.05, 4.69) is 5.32 Å². The fraction of sp³-hybridized carbons (Fsp3) is 0.467. The molecular formula is C15H19ClN2O3. The molecule has 6 heteroatoms. The van der Waals surface area contributed by atoms with Crippen LogP contribution in [0.5, 0.6) is 0 Å². The van der Waals surface area contributed by atoms with Crippen molar-refractivity contribution in [2.24, 2.45) is 0 Å². The predicted molar refractivity (Wildman–Crippen MR) is 82.1 cm³/mol. The number of nitrogens with zero attached hydrogens (tertiary/aromatic N) is 1. The Kier molecular flexibility index (Phi) is 5.07. The average Bonchev–Trinajstić information content (AvgIpc) is 2.49. The number of carbonyl (C=O) groups is 2. The summed E-state index contributed by atoms with van der Waals surface area (Å²) in [5, 5.41) is 12.2. The second kappa shape index (κ2) is 6.80. The third kappa shape index (κ3) is 3.88. The van der Waals surface area contributed by atoms with Crippen LogP contribution in [0, 0.1) is 0 Å². The van der Waals surface area contributed by atoms with Gasteiger partial charge in [-0.3, -0.25) is 0 Å². The number of hydrogen-bond donors (Lipinski definition) is 2. The number of aromatic carboxylic acids is 1. The lowest BCUT2D eigenvalue weighted by atomic mass is 9.95. The Morgan fingerprint density at radius 2 is 1.95 bits per heavy atom. The summed E-state index contributed by atoms with van der Waals surface area (Å²) < 4.78 is 0. The summed E-state index contributed by atoms with van der Waals surface area (Å²) in [6, 6.07) is 4.34. The second-order valence-electron chi connectivity index (χ2n) is 5.33. The Labute approximate surface area is 128 Å². The molecule has 1 aromatic carbocycles. The minimum atomic E-state index is -1.12. The molecule has 1 fully saturated rings. The van der Waals surface area contributed by atoms with Crippen molar-refractivity contribution in [2.45, 2.75) is 38.1 Å². The molecule has 0 unspecified atom stereocenters. The first-order valence-electron chi connectivity index (χ1n) is 7.05. The third-order valence-electron chi connectivity index (χ3n) is 3.90. The molecule has 1 aliphatic rings. The van der Waals surface area contributed by atoms with Gasteiger partial charge >= 0.3 is 12.0 Å². The van der Waals surface area contributed by atoms with E-state index in [1.807, 2.05) is 0 Å². The summed E-state index contributed by atoms with van der Waals surface area (Å²) in [7, 11) is 1.75. The monoisotopic (exact) mass is 310 g/mol. The minimum Gasteiger partial charge on any atom is -0.478 e. The van der Waals surface area contributed by atoms with Crippen LogP contribution in [0.4, 0.5) is 10.5 Å². The minimum absolute atomic E-state index is 0.00658. The van der Waals surface area contributed by atoms with Crippen molar-refractivity contribution in [2.75, 3.05) is 12.4 Å². The molecule has 2 rings (SSSR count). The zero-order valence-corrected chi connectivity index (χ0v) is 12.7. The molecule has 0 atom stereocenters. The molecule has 0 radical (unpaired) electrons. The van der Waals surface area contributed by atoms with Crippen molar-refractivity contribution < 1.29 is 14.7 Å². The van der Waals surface area contributed by atoms with Gasteiger partial charge in [0, 0.05) is 18.1 Å². The lowest BCUT2D eigenvalue weighted by molar-refractivity contribution is 0.0698. The molecule has 1 aliphatic carbocycles. The van der Waals surface area contributed by atoms with Gasteiger partial charge in [-0.2, -0.15) is 0 Å². The van der Waals surface area contributed by atoms with E-state index in [0.717, 1.165) is 25.7 Å². The molecule has 0 spiro atoms. The Balaban J connectivity index is 2.10. The van der Waals surface area contributed by atoms with Crippen molar-refractivity contribution in [3.05, 3.63) is 28.8 Å². The van der Waals surface area contributed by atoms with Crippen molar-refractivity contribution in [3.8, 4) is 0 Å². The molecule has 2 amide bonds. The largest absolute Gasteiger partial charge is 0.478 e. The van der Waals surface area contributed by atoms with E-state index in [4.69, 9.17) is 16.7 Å². The standard InChI is InChI=1S/C15H19ClN2O3/c1-18(11-5-3-2-4-6-11)15(21)17-13-8-7-10(16)9-12(13)14(19)20/h7-9,11H,2-6H2,1H3,(H,17,21)(H,19,20). The fourth-order valence-corrected chi connectivity index (χ4v) is 2.81. The molecule has 1 saturated carbocycles. The Morgan fingerprint density at radius 1 is 1.29 bits per heavy atom. The normalized spacial score (nSPS) is 15.5. The molecule has 114 valence electrons. The van der Waals surface area contributed by atoms with Crippen LogP contribution >= 0.6 is 11.6 Å². The number of halogens is 1. The maximum atomic E-state index is 12.3. The highest BCUT2D eigenvalue weighted by Crippen LogP contribution is 2.24. The SMILES string of the molecule is CN(C(=O)Nc1ccc(Cl)cc1C(=O)O)C1CCCCC1. The molecule has 0 heterocycles. The molecule has 5 nitrogen and oxygen atoms in total. The van der Waals surface area contributed by atoms with Gasteiger partial charge in [-0.15, -0.1) is 0 Å². The highest BCUT2D eigenvalue weighted by molar-refractivity contribution is 6.31. The highest BCUT2D eigenvalue weighted by Gasteiger charge is 2.23. The maximum Gasteiger partial charge on any atom is 0.337 e. The zero-order chi connectivity index (χ0) is 15.4. The molecule has 2 N–H and O–H groups in total. The molecule has 0 aromatic heterocycles. The molecule has 0 bridgehead atoms. The van der Waals surface area contributed by atoms with Crippen LogP contribution in [0.3, 0.4) is 0 Å². The van der Waals surface area contributed by atoms with Gasteiger partial charge in [0.15, 0.2) is 0 Å². The van der Waals surface area contributed by atoms with Gasteiger partial charge in [0.05, 0.1) is 11.3 Å². The van der Waals surface area contributed by atoms with Crippen LogP contribution < -0.4 is 5.32 Å². The van der Waals surface area contributed by atoms with Crippen molar-refractivity contribution in [3.63, 3.8) is 0 Å². The van der Waals surface area contributed by atoms with Crippen molar-refractivity contribution in [1.29, 1.82) is 0 Å². The summed E-state index contributed by atoms with van der Waals surface area (Å²) in [6.45, 7) is 0. The summed E-state index contributed by atoms with van der Waals surface area (Å²) in [5.74, 6) is -1.12. The maximum absolute atomic E-state index is 12.3. The first-order valence-corrected chi connectivity index (χ1v) is 7.43. The number of benzene rings is 1. The third-order valence-corrected chi connectivity index (χ3v) is 4.13. The first-order chi connectivity index (χ1) is 9.99. The van der Waals surface area contributed by atoms with Gasteiger partial charge < -0.3 is 15.3 Å². The zero-order valence-electron chi connectivity index (χ0n) is 11.9. The van der Waals surface area contributed by atoms with E-state index in [9.17, 15) is 9.59 Å². The number of amides is 2. The Bertz CT molecular complexity index is 542. The first kappa shape index (κ1) is 15.6. The predicted octanol–water partition coefficient (Wildman–Crippen LogP) is 3.83. The van der Waals surface area contributed by atoms with Crippen molar-refractivity contribution >= 4 is 29.3 Å². The van der Waals surface area contributed by atoms with Gasteiger partial charge in [-0.05, 0) is 31.0 Å². The van der Waals surface area contributed by atoms with Crippen LogP contribution in [0.1, 0.15) is 42.5 Å². The van der Waals surface area contributed by atoms with Gasteiger partial charge in [-0.25, -0.2) is 9.59 Å².